The molecule has 2 aromatic rings. The predicted octanol–water partition coefficient (Wildman–Crippen LogP) is 4.16. The van der Waals surface area contributed by atoms with Gasteiger partial charge in [-0.15, -0.1) is 5.10 Å². The number of nitrogens with one attached hydrogen (secondary N) is 1. The minimum atomic E-state index is -0.638. The Labute approximate surface area is 223 Å². The van der Waals surface area contributed by atoms with E-state index in [-0.39, 0.29) is 18.2 Å². The Morgan fingerprint density at radius 3 is 2.83 bits per heavy atom. The van der Waals surface area contributed by atoms with E-state index in [2.05, 4.69) is 54.1 Å². The van der Waals surface area contributed by atoms with Gasteiger partial charge in [-0.25, -0.2) is 0 Å². The van der Waals surface area contributed by atoms with Crippen molar-refractivity contribution >= 4 is 48.2 Å². The zero-order chi connectivity index (χ0) is 25.6. The average Bonchev–Trinajstić information content (AvgIpc) is 3.48. The van der Waals surface area contributed by atoms with Crippen molar-refractivity contribution in [2.24, 2.45) is 0 Å². The van der Waals surface area contributed by atoms with Crippen LogP contribution in [0.15, 0.2) is 24.4 Å². The molecule has 8 nitrogen and oxygen atoms in total. The summed E-state index contributed by atoms with van der Waals surface area (Å²) in [6.45, 7) is 5.19. The molecule has 3 rings (SSSR count). The van der Waals surface area contributed by atoms with Crippen molar-refractivity contribution in [2.45, 2.75) is 71.5 Å². The average molecular weight is 610 g/mol. The molecule has 2 amide bonds. The summed E-state index contributed by atoms with van der Waals surface area (Å²) in [7, 11) is 2.97. The maximum atomic E-state index is 13.0. The van der Waals surface area contributed by atoms with Crippen molar-refractivity contribution in [1.82, 2.24) is 25.2 Å². The lowest BCUT2D eigenvalue weighted by atomic mass is 9.98. The number of halogens is 1. The molecule has 1 aliphatic heterocycles. The SMILES string of the molecule is CC.CNC(=O)C(CCC=O)N1Cc2c(CCCCCn3cc(C#CSI)nn3)cccc2C1=O. The van der Waals surface area contributed by atoms with Gasteiger partial charge >= 0.3 is 0 Å². The highest BCUT2D eigenvalue weighted by atomic mass is 127. The van der Waals surface area contributed by atoms with Crippen LogP contribution in [0.3, 0.4) is 0 Å². The van der Waals surface area contributed by atoms with Gasteiger partial charge in [0.2, 0.25) is 5.91 Å². The van der Waals surface area contributed by atoms with Gasteiger partial charge in [0.15, 0.2) is 5.69 Å². The Balaban J connectivity index is 0.00000210. The number of benzene rings is 1. The highest BCUT2D eigenvalue weighted by Gasteiger charge is 2.36. The maximum absolute atomic E-state index is 13.0. The molecule has 0 aliphatic carbocycles. The molecule has 188 valence electrons. The van der Waals surface area contributed by atoms with E-state index in [1.165, 1.54) is 8.93 Å². The standard InChI is InChI=1S/C23H26IN5O3S.C2H6/c1-25-22(31)21(10-6-13-30)29-16-20-17(8-5-9-19(20)23(29)32)7-3-2-4-12-28-15-18(26-27-28)11-14-33-24;1-2/h5,8-9,13,15,21H,2-4,6-7,10,12,16H2,1H3,(H,25,31);1-2H3. The van der Waals surface area contributed by atoms with Gasteiger partial charge in [0.1, 0.15) is 12.3 Å². The number of aromatic nitrogens is 3. The maximum Gasteiger partial charge on any atom is 0.255 e. The predicted molar refractivity (Wildman–Crippen MR) is 147 cm³/mol. The first-order valence-electron chi connectivity index (χ1n) is 11.8. The van der Waals surface area contributed by atoms with Crippen molar-refractivity contribution in [1.29, 1.82) is 0 Å². The molecule has 0 radical (unpaired) electrons. The third-order valence-electron chi connectivity index (χ3n) is 5.67. The Morgan fingerprint density at radius 2 is 2.11 bits per heavy atom. The van der Waals surface area contributed by atoms with Crippen LogP contribution in [0.2, 0.25) is 0 Å². The summed E-state index contributed by atoms with van der Waals surface area (Å²) in [6, 6.07) is 5.15. The lowest BCUT2D eigenvalue weighted by Crippen LogP contribution is -2.46. The Bertz CT molecular complexity index is 1060. The smallest absolute Gasteiger partial charge is 0.255 e. The van der Waals surface area contributed by atoms with Gasteiger partial charge in [-0.05, 0) is 63.0 Å². The molecule has 0 saturated carbocycles. The number of aldehydes is 1. The summed E-state index contributed by atoms with van der Waals surface area (Å²) in [5.74, 6) is 2.55. The molecule has 1 aliphatic rings. The first-order valence-corrected chi connectivity index (χ1v) is 15.2. The van der Waals surface area contributed by atoms with Crippen LogP contribution in [0.1, 0.15) is 73.1 Å². The number of nitrogens with zero attached hydrogens (tertiary/aromatic N) is 4. The molecule has 0 saturated heterocycles. The minimum Gasteiger partial charge on any atom is -0.357 e. The summed E-state index contributed by atoms with van der Waals surface area (Å²) in [5.41, 5.74) is 3.48. The third kappa shape index (κ3) is 8.07. The topological polar surface area (TPSA) is 97.2 Å². The van der Waals surface area contributed by atoms with E-state index in [1.54, 1.807) is 11.9 Å². The Kier molecular flexibility index (Phi) is 12.8. The zero-order valence-corrected chi connectivity index (χ0v) is 23.4. The van der Waals surface area contributed by atoms with E-state index < -0.39 is 6.04 Å². The summed E-state index contributed by atoms with van der Waals surface area (Å²) in [4.78, 5) is 37.8. The summed E-state index contributed by atoms with van der Waals surface area (Å²) in [5, 5.41) is 13.7. The van der Waals surface area contributed by atoms with Crippen LogP contribution >= 0.6 is 30.1 Å². The van der Waals surface area contributed by atoms with Gasteiger partial charge in [0.25, 0.3) is 5.91 Å². The van der Waals surface area contributed by atoms with E-state index in [0.29, 0.717) is 24.2 Å². The lowest BCUT2D eigenvalue weighted by molar-refractivity contribution is -0.125. The molecule has 35 heavy (non-hydrogen) atoms. The lowest BCUT2D eigenvalue weighted by Gasteiger charge is -2.25. The number of rotatable bonds is 11. The van der Waals surface area contributed by atoms with Gasteiger partial charge in [0.05, 0.1) is 6.20 Å². The molecule has 1 aromatic heterocycles. The molecular weight excluding hydrogens is 577 g/mol. The molecule has 0 fully saturated rings. The number of unbranched alkanes of at least 4 members (excludes halogenated alkanes) is 2. The monoisotopic (exact) mass is 609 g/mol. The molecule has 0 bridgehead atoms. The van der Waals surface area contributed by atoms with Crippen LogP contribution in [0.5, 0.6) is 0 Å². The summed E-state index contributed by atoms with van der Waals surface area (Å²) < 4.78 is 1.82. The highest BCUT2D eigenvalue weighted by molar-refractivity contribution is 14.2. The van der Waals surface area contributed by atoms with Crippen molar-refractivity contribution in [3.63, 3.8) is 0 Å². The number of hydrogen-bond acceptors (Lipinski definition) is 6. The fourth-order valence-corrected chi connectivity index (χ4v) is 4.50. The van der Waals surface area contributed by atoms with Crippen LogP contribution in [-0.2, 0) is 29.1 Å². The molecule has 1 unspecified atom stereocenters. The first-order chi connectivity index (χ1) is 17.1. The largest absolute Gasteiger partial charge is 0.357 e. The van der Waals surface area contributed by atoms with Gasteiger partial charge in [-0.2, -0.15) is 0 Å². The summed E-state index contributed by atoms with van der Waals surface area (Å²) in [6.07, 6.45) is 7.05. The fraction of sp³-hybridized carbons (Fsp3) is 0.480. The molecular formula is C25H32IN5O3S. The van der Waals surface area contributed by atoms with Crippen molar-refractivity contribution in [3.8, 4) is 11.2 Å². The first kappa shape index (κ1) is 28.8. The van der Waals surface area contributed by atoms with Gasteiger partial charge in [-0.1, -0.05) is 37.6 Å². The molecule has 10 heteroatoms. The number of amides is 2. The number of likely N-dealkylation sites (N-methyl/N-ethyl adjacent to an activating group) is 1. The van der Waals surface area contributed by atoms with Gasteiger partial charge in [-0.3, -0.25) is 14.3 Å². The Hall–Kier alpha value is -2.39. The molecule has 0 spiro atoms. The molecule has 1 aromatic carbocycles. The van der Waals surface area contributed by atoms with Crippen LogP contribution in [0.25, 0.3) is 0 Å². The zero-order valence-electron chi connectivity index (χ0n) is 20.4. The van der Waals surface area contributed by atoms with E-state index in [0.717, 1.165) is 49.6 Å². The van der Waals surface area contributed by atoms with E-state index in [4.69, 9.17) is 0 Å². The second-order valence-corrected chi connectivity index (χ2v) is 9.41. The number of fused-ring (bicyclic) bond motifs is 1. The Morgan fingerprint density at radius 1 is 1.31 bits per heavy atom. The van der Waals surface area contributed by atoms with E-state index in [9.17, 15) is 14.4 Å². The number of hydrogen-bond donors (Lipinski definition) is 1. The van der Waals surface area contributed by atoms with Crippen molar-refractivity contribution in [2.75, 3.05) is 7.05 Å². The van der Waals surface area contributed by atoms with Crippen molar-refractivity contribution < 1.29 is 14.4 Å². The van der Waals surface area contributed by atoms with E-state index in [1.807, 2.05) is 36.9 Å². The molecule has 1 N–H and O–H groups in total. The third-order valence-corrected chi connectivity index (χ3v) is 6.51. The van der Waals surface area contributed by atoms with Gasteiger partial charge < -0.3 is 15.0 Å². The highest BCUT2D eigenvalue weighted by Crippen LogP contribution is 2.29. The normalized spacial score (nSPS) is 12.7. The number of aryl methyl sites for hydroxylation is 2. The second kappa shape index (κ2) is 15.6. The fourth-order valence-electron chi connectivity index (χ4n) is 4.03. The number of carbonyl (C=O) groups excluding carboxylic acids is 3. The van der Waals surface area contributed by atoms with Crippen LogP contribution in [0.4, 0.5) is 0 Å². The molecule has 1 atom stereocenters. The second-order valence-electron chi connectivity index (χ2n) is 7.73. The summed E-state index contributed by atoms with van der Waals surface area (Å²) >= 11 is 2.12. The van der Waals surface area contributed by atoms with Crippen LogP contribution < -0.4 is 5.32 Å². The quantitative estimate of drug-likeness (QED) is 0.178. The van der Waals surface area contributed by atoms with E-state index >= 15 is 0 Å². The van der Waals surface area contributed by atoms with Crippen LogP contribution in [-0.4, -0.2) is 51.1 Å². The van der Waals surface area contributed by atoms with Gasteiger partial charge in [0, 0.05) is 53.3 Å². The van der Waals surface area contributed by atoms with Crippen molar-refractivity contribution in [3.05, 3.63) is 46.8 Å². The minimum absolute atomic E-state index is 0.141. The van der Waals surface area contributed by atoms with Crippen LogP contribution in [0, 0.1) is 11.2 Å². The number of carbonyl (C=O) groups is 3. The molecule has 2 heterocycles.